The van der Waals surface area contributed by atoms with Crippen molar-refractivity contribution in [3.05, 3.63) is 40.8 Å². The van der Waals surface area contributed by atoms with Crippen LogP contribution < -0.4 is 10.1 Å². The molecule has 0 atom stereocenters. The van der Waals surface area contributed by atoms with Crippen molar-refractivity contribution in [3.8, 4) is 5.75 Å². The summed E-state index contributed by atoms with van der Waals surface area (Å²) in [4.78, 5) is 6.90. The van der Waals surface area contributed by atoms with Crippen molar-refractivity contribution in [3.63, 3.8) is 0 Å². The minimum absolute atomic E-state index is 0.0319. The van der Waals surface area contributed by atoms with Gasteiger partial charge in [0.15, 0.2) is 5.69 Å². The van der Waals surface area contributed by atoms with Gasteiger partial charge in [0.1, 0.15) is 11.6 Å². The number of methoxy groups -OCH3 is 1. The van der Waals surface area contributed by atoms with Gasteiger partial charge in [0, 0.05) is 11.8 Å². The van der Waals surface area contributed by atoms with Crippen LogP contribution in [0.4, 0.5) is 24.7 Å². The third-order valence-corrected chi connectivity index (χ3v) is 2.85. The second-order valence-corrected chi connectivity index (χ2v) is 4.55. The number of ether oxygens (including phenoxy) is 1. The van der Waals surface area contributed by atoms with Crippen LogP contribution in [-0.4, -0.2) is 17.1 Å². The molecule has 1 heterocycles. The highest BCUT2D eigenvalue weighted by molar-refractivity contribution is 6.28. The van der Waals surface area contributed by atoms with Gasteiger partial charge in [-0.1, -0.05) is 0 Å². The summed E-state index contributed by atoms with van der Waals surface area (Å²) in [5.74, 6) is 0.616. The molecule has 1 N–H and O–H groups in total. The van der Waals surface area contributed by atoms with Crippen molar-refractivity contribution in [2.45, 2.75) is 13.1 Å². The van der Waals surface area contributed by atoms with Gasteiger partial charge in [0.2, 0.25) is 5.28 Å². The smallest absolute Gasteiger partial charge is 0.433 e. The Morgan fingerprint density at radius 3 is 2.48 bits per heavy atom. The van der Waals surface area contributed by atoms with Crippen LogP contribution in [0.2, 0.25) is 5.28 Å². The lowest BCUT2D eigenvalue weighted by Crippen LogP contribution is -2.10. The third-order valence-electron chi connectivity index (χ3n) is 2.69. The Labute approximate surface area is 123 Å². The van der Waals surface area contributed by atoms with Crippen molar-refractivity contribution in [2.24, 2.45) is 0 Å². The highest BCUT2D eigenvalue weighted by Gasteiger charge is 2.33. The Balaban J connectivity index is 2.33. The number of aromatic nitrogens is 2. The Morgan fingerprint density at radius 2 is 1.90 bits per heavy atom. The first kappa shape index (κ1) is 15.4. The van der Waals surface area contributed by atoms with E-state index < -0.39 is 17.2 Å². The van der Waals surface area contributed by atoms with Gasteiger partial charge < -0.3 is 10.1 Å². The molecule has 21 heavy (non-hydrogen) atoms. The fourth-order valence-electron chi connectivity index (χ4n) is 1.67. The first-order valence-electron chi connectivity index (χ1n) is 5.83. The number of aryl methyl sites for hydroxylation is 1. The predicted octanol–water partition coefficient (Wildman–Crippen LogP) is 4.21. The number of alkyl halides is 3. The average molecular weight is 318 g/mol. The van der Waals surface area contributed by atoms with Gasteiger partial charge in [-0.3, -0.25) is 0 Å². The SMILES string of the molecule is COc1ccc(Nc2cc(C(F)(F)F)nc(Cl)n2)c(C)c1. The van der Waals surface area contributed by atoms with E-state index in [1.54, 1.807) is 25.1 Å². The molecule has 0 aliphatic rings. The standard InChI is InChI=1S/C13H11ClF3N3O/c1-7-5-8(21-2)3-4-9(7)18-11-6-10(13(15,16)17)19-12(14)20-11/h3-6H,1-2H3,(H,18,19,20). The zero-order chi connectivity index (χ0) is 15.6. The second-order valence-electron chi connectivity index (χ2n) is 4.21. The van der Waals surface area contributed by atoms with Gasteiger partial charge in [-0.25, -0.2) is 9.97 Å². The minimum Gasteiger partial charge on any atom is -0.497 e. The molecule has 0 bridgehead atoms. The molecule has 0 unspecified atom stereocenters. The molecule has 1 aromatic carbocycles. The monoisotopic (exact) mass is 317 g/mol. The van der Waals surface area contributed by atoms with E-state index in [0.717, 1.165) is 11.6 Å². The Bertz CT molecular complexity index is 662. The minimum atomic E-state index is -4.59. The summed E-state index contributed by atoms with van der Waals surface area (Å²) in [6.45, 7) is 1.79. The number of halogens is 4. The Hall–Kier alpha value is -2.02. The topological polar surface area (TPSA) is 47.0 Å². The maximum absolute atomic E-state index is 12.7. The highest BCUT2D eigenvalue weighted by atomic mass is 35.5. The Morgan fingerprint density at radius 1 is 1.19 bits per heavy atom. The molecular weight excluding hydrogens is 307 g/mol. The van der Waals surface area contributed by atoms with Crippen LogP contribution in [0, 0.1) is 6.92 Å². The van der Waals surface area contributed by atoms with E-state index in [4.69, 9.17) is 16.3 Å². The highest BCUT2D eigenvalue weighted by Crippen LogP contribution is 2.31. The molecule has 0 aliphatic heterocycles. The lowest BCUT2D eigenvalue weighted by molar-refractivity contribution is -0.141. The van der Waals surface area contributed by atoms with Crippen LogP contribution in [0.15, 0.2) is 24.3 Å². The number of nitrogens with zero attached hydrogens (tertiary/aromatic N) is 2. The second kappa shape index (κ2) is 5.77. The Kier molecular flexibility index (Phi) is 4.22. The van der Waals surface area contributed by atoms with Crippen molar-refractivity contribution in [1.82, 2.24) is 9.97 Å². The van der Waals surface area contributed by atoms with E-state index in [-0.39, 0.29) is 5.82 Å². The molecule has 2 aromatic rings. The fourth-order valence-corrected chi connectivity index (χ4v) is 1.85. The van der Waals surface area contributed by atoms with E-state index in [9.17, 15) is 13.2 Å². The molecule has 0 saturated carbocycles. The zero-order valence-corrected chi connectivity index (χ0v) is 11.9. The molecule has 0 radical (unpaired) electrons. The molecule has 2 rings (SSSR count). The first-order valence-corrected chi connectivity index (χ1v) is 6.21. The number of rotatable bonds is 3. The molecule has 0 amide bonds. The van der Waals surface area contributed by atoms with E-state index in [1.165, 1.54) is 7.11 Å². The van der Waals surface area contributed by atoms with Crippen LogP contribution in [0.1, 0.15) is 11.3 Å². The predicted molar refractivity (Wildman–Crippen MR) is 73.1 cm³/mol. The molecule has 112 valence electrons. The number of hydrogen-bond donors (Lipinski definition) is 1. The van der Waals surface area contributed by atoms with Crippen LogP contribution in [0.25, 0.3) is 0 Å². The molecule has 0 aliphatic carbocycles. The van der Waals surface area contributed by atoms with Crippen LogP contribution in [-0.2, 0) is 6.18 Å². The summed E-state index contributed by atoms with van der Waals surface area (Å²) in [6, 6.07) is 5.91. The van der Waals surface area contributed by atoms with E-state index in [1.807, 2.05) is 0 Å². The molecule has 8 heteroatoms. The van der Waals surface area contributed by atoms with Crippen LogP contribution in [0.5, 0.6) is 5.75 Å². The van der Waals surface area contributed by atoms with Crippen LogP contribution >= 0.6 is 11.6 Å². The lowest BCUT2D eigenvalue weighted by Gasteiger charge is -2.12. The van der Waals surface area contributed by atoms with Crippen molar-refractivity contribution >= 4 is 23.1 Å². The van der Waals surface area contributed by atoms with Crippen molar-refractivity contribution < 1.29 is 17.9 Å². The summed E-state index contributed by atoms with van der Waals surface area (Å²) in [5, 5.41) is 2.31. The number of anilines is 2. The van der Waals surface area contributed by atoms with E-state index in [0.29, 0.717) is 11.4 Å². The third kappa shape index (κ3) is 3.75. The van der Waals surface area contributed by atoms with Crippen molar-refractivity contribution in [2.75, 3.05) is 12.4 Å². The fraction of sp³-hybridized carbons (Fsp3) is 0.231. The van der Waals surface area contributed by atoms with Crippen LogP contribution in [0.3, 0.4) is 0 Å². The van der Waals surface area contributed by atoms with E-state index in [2.05, 4.69) is 15.3 Å². The maximum atomic E-state index is 12.7. The van der Waals surface area contributed by atoms with E-state index >= 15 is 0 Å². The van der Waals surface area contributed by atoms with Gasteiger partial charge in [-0.05, 0) is 42.3 Å². The molecular formula is C13H11ClF3N3O. The van der Waals surface area contributed by atoms with Gasteiger partial charge in [-0.2, -0.15) is 13.2 Å². The van der Waals surface area contributed by atoms with Gasteiger partial charge in [0.05, 0.1) is 7.11 Å². The number of nitrogens with one attached hydrogen (secondary N) is 1. The normalized spacial score (nSPS) is 11.3. The summed E-state index contributed by atoms with van der Waals surface area (Å²) in [5.41, 5.74) is 0.285. The number of hydrogen-bond acceptors (Lipinski definition) is 4. The average Bonchev–Trinajstić information content (AvgIpc) is 2.39. The lowest BCUT2D eigenvalue weighted by atomic mass is 10.2. The maximum Gasteiger partial charge on any atom is 0.433 e. The molecule has 0 fully saturated rings. The van der Waals surface area contributed by atoms with Gasteiger partial charge in [-0.15, -0.1) is 0 Å². The zero-order valence-electron chi connectivity index (χ0n) is 11.1. The summed E-state index contributed by atoms with van der Waals surface area (Å²) >= 11 is 5.53. The summed E-state index contributed by atoms with van der Waals surface area (Å²) < 4.78 is 43.1. The van der Waals surface area contributed by atoms with Gasteiger partial charge >= 0.3 is 6.18 Å². The molecule has 0 saturated heterocycles. The first-order chi connectivity index (χ1) is 9.79. The summed E-state index contributed by atoms with van der Waals surface area (Å²) in [6.07, 6.45) is -4.59. The molecule has 1 aromatic heterocycles. The largest absolute Gasteiger partial charge is 0.497 e. The number of benzene rings is 1. The molecule has 4 nitrogen and oxygen atoms in total. The summed E-state index contributed by atoms with van der Waals surface area (Å²) in [7, 11) is 1.53. The molecule has 0 spiro atoms. The quantitative estimate of drug-likeness (QED) is 0.861. The van der Waals surface area contributed by atoms with Gasteiger partial charge in [0.25, 0.3) is 0 Å². The van der Waals surface area contributed by atoms with Crippen molar-refractivity contribution in [1.29, 1.82) is 0 Å².